The number of hydrogen-bond acceptors (Lipinski definition) is 4. The van der Waals surface area contributed by atoms with E-state index in [2.05, 4.69) is 5.32 Å². The van der Waals surface area contributed by atoms with Gasteiger partial charge in [0.1, 0.15) is 11.6 Å². The van der Waals surface area contributed by atoms with Crippen molar-refractivity contribution < 1.29 is 23.4 Å². The summed E-state index contributed by atoms with van der Waals surface area (Å²) in [6.07, 6.45) is 1.73. The van der Waals surface area contributed by atoms with Crippen LogP contribution in [0.1, 0.15) is 37.0 Å². The summed E-state index contributed by atoms with van der Waals surface area (Å²) in [4.78, 5) is 12.5. The minimum absolute atomic E-state index is 0.120. The highest BCUT2D eigenvalue weighted by molar-refractivity contribution is 6.06. The maximum atomic E-state index is 13.5. The number of methoxy groups -OCH3 is 1. The molecular formula is C20H24FNO4. The Morgan fingerprint density at radius 2 is 1.62 bits per heavy atom. The summed E-state index contributed by atoms with van der Waals surface area (Å²) in [5.41, 5.74) is 0.645. The Morgan fingerprint density at radius 3 is 2.27 bits per heavy atom. The van der Waals surface area contributed by atoms with Crippen LogP contribution < -0.4 is 19.5 Å². The van der Waals surface area contributed by atoms with Crippen LogP contribution in [-0.4, -0.2) is 26.2 Å². The number of hydrogen-bond donors (Lipinski definition) is 1. The molecule has 0 spiro atoms. The Kier molecular flexibility index (Phi) is 7.26. The highest BCUT2D eigenvalue weighted by atomic mass is 19.1. The molecule has 2 rings (SSSR count). The maximum Gasteiger partial charge on any atom is 0.259 e. The van der Waals surface area contributed by atoms with Gasteiger partial charge in [-0.1, -0.05) is 13.8 Å². The van der Waals surface area contributed by atoms with Gasteiger partial charge in [-0.25, -0.2) is 4.39 Å². The van der Waals surface area contributed by atoms with Crippen LogP contribution in [0.25, 0.3) is 0 Å². The molecule has 0 heterocycles. The molecule has 0 atom stereocenters. The molecule has 0 aliphatic carbocycles. The van der Waals surface area contributed by atoms with Crippen molar-refractivity contribution >= 4 is 11.6 Å². The van der Waals surface area contributed by atoms with Crippen LogP contribution in [0.5, 0.6) is 17.2 Å². The summed E-state index contributed by atoms with van der Waals surface area (Å²) in [5, 5.41) is 2.74. The average Bonchev–Trinajstić information content (AvgIpc) is 2.65. The molecule has 5 nitrogen and oxygen atoms in total. The van der Waals surface area contributed by atoms with E-state index in [1.54, 1.807) is 18.2 Å². The molecular weight excluding hydrogens is 337 g/mol. The number of rotatable bonds is 9. The zero-order valence-electron chi connectivity index (χ0n) is 15.3. The van der Waals surface area contributed by atoms with Gasteiger partial charge >= 0.3 is 0 Å². The Labute approximate surface area is 153 Å². The van der Waals surface area contributed by atoms with Gasteiger partial charge < -0.3 is 19.5 Å². The molecule has 0 aliphatic rings. The van der Waals surface area contributed by atoms with Crippen molar-refractivity contribution in [2.45, 2.75) is 26.7 Å². The monoisotopic (exact) mass is 361 g/mol. The molecule has 1 amide bonds. The zero-order valence-corrected chi connectivity index (χ0v) is 15.3. The second-order valence-electron chi connectivity index (χ2n) is 5.66. The van der Waals surface area contributed by atoms with Crippen LogP contribution in [0, 0.1) is 5.82 Å². The van der Waals surface area contributed by atoms with Gasteiger partial charge in [0.05, 0.1) is 25.9 Å². The predicted molar refractivity (Wildman–Crippen MR) is 98.9 cm³/mol. The van der Waals surface area contributed by atoms with Gasteiger partial charge in [-0.15, -0.1) is 0 Å². The molecule has 26 heavy (non-hydrogen) atoms. The Balaban J connectivity index is 2.22. The first-order valence-electron chi connectivity index (χ1n) is 8.63. The number of ether oxygens (including phenoxy) is 3. The van der Waals surface area contributed by atoms with E-state index in [0.29, 0.717) is 36.1 Å². The number of amides is 1. The lowest BCUT2D eigenvalue weighted by Crippen LogP contribution is -2.14. The van der Waals surface area contributed by atoms with Crippen molar-refractivity contribution in [3.8, 4) is 17.2 Å². The van der Waals surface area contributed by atoms with Gasteiger partial charge in [0, 0.05) is 11.8 Å². The van der Waals surface area contributed by atoms with Crippen LogP contribution in [0.2, 0.25) is 0 Å². The number of carbonyl (C=O) groups excluding carboxylic acids is 1. The number of carbonyl (C=O) groups is 1. The highest BCUT2D eigenvalue weighted by Gasteiger charge is 2.15. The number of halogens is 1. The van der Waals surface area contributed by atoms with E-state index in [-0.39, 0.29) is 5.56 Å². The summed E-state index contributed by atoms with van der Waals surface area (Å²) in [6.45, 7) is 5.15. The SMILES string of the molecule is CCCOc1ccc(NC(=O)c2cc(F)ccc2OC)cc1OCCC. The molecule has 0 aliphatic heterocycles. The molecule has 0 unspecified atom stereocenters. The molecule has 0 saturated carbocycles. The van der Waals surface area contributed by atoms with Crippen molar-refractivity contribution in [2.75, 3.05) is 25.6 Å². The Bertz CT molecular complexity index is 749. The first-order chi connectivity index (χ1) is 12.6. The average molecular weight is 361 g/mol. The van der Waals surface area contributed by atoms with Crippen molar-refractivity contribution in [3.05, 3.63) is 47.8 Å². The molecule has 0 fully saturated rings. The summed E-state index contributed by atoms with van der Waals surface area (Å²) in [7, 11) is 1.43. The van der Waals surface area contributed by atoms with Crippen LogP contribution in [-0.2, 0) is 0 Å². The molecule has 0 aromatic heterocycles. The quantitative estimate of drug-likeness (QED) is 0.705. The molecule has 0 bridgehead atoms. The van der Waals surface area contributed by atoms with Crippen LogP contribution in [0.4, 0.5) is 10.1 Å². The molecule has 0 radical (unpaired) electrons. The third-order valence-corrected chi connectivity index (χ3v) is 3.53. The third-order valence-electron chi connectivity index (χ3n) is 3.53. The van der Waals surface area contributed by atoms with Crippen LogP contribution >= 0.6 is 0 Å². The van der Waals surface area contributed by atoms with Crippen LogP contribution in [0.3, 0.4) is 0 Å². The molecule has 6 heteroatoms. The van der Waals surface area contributed by atoms with E-state index < -0.39 is 11.7 Å². The molecule has 0 saturated heterocycles. The van der Waals surface area contributed by atoms with Gasteiger partial charge in [-0.05, 0) is 43.2 Å². The van der Waals surface area contributed by atoms with Crippen molar-refractivity contribution in [3.63, 3.8) is 0 Å². The second-order valence-corrected chi connectivity index (χ2v) is 5.66. The number of nitrogens with one attached hydrogen (secondary N) is 1. The van der Waals surface area contributed by atoms with E-state index in [0.717, 1.165) is 18.9 Å². The van der Waals surface area contributed by atoms with Gasteiger partial charge in [-0.2, -0.15) is 0 Å². The predicted octanol–water partition coefficient (Wildman–Crippen LogP) is 4.66. The summed E-state index contributed by atoms with van der Waals surface area (Å²) < 4.78 is 30.0. The standard InChI is InChI=1S/C20H24FNO4/c1-4-10-25-18-9-7-15(13-19(18)26-11-5-2)22-20(23)16-12-14(21)6-8-17(16)24-3/h6-9,12-13H,4-5,10-11H2,1-3H3,(H,22,23). The molecule has 2 aromatic carbocycles. The van der Waals surface area contributed by atoms with E-state index in [4.69, 9.17) is 14.2 Å². The van der Waals surface area contributed by atoms with E-state index >= 15 is 0 Å². The summed E-state index contributed by atoms with van der Waals surface area (Å²) in [6, 6.07) is 8.96. The summed E-state index contributed by atoms with van der Waals surface area (Å²) >= 11 is 0. The smallest absolute Gasteiger partial charge is 0.259 e. The number of anilines is 1. The maximum absolute atomic E-state index is 13.5. The largest absolute Gasteiger partial charge is 0.496 e. The van der Waals surface area contributed by atoms with Gasteiger partial charge in [0.15, 0.2) is 11.5 Å². The molecule has 140 valence electrons. The lowest BCUT2D eigenvalue weighted by Gasteiger charge is -2.14. The lowest BCUT2D eigenvalue weighted by atomic mass is 10.1. The lowest BCUT2D eigenvalue weighted by molar-refractivity contribution is 0.102. The number of benzene rings is 2. The Hall–Kier alpha value is -2.76. The van der Waals surface area contributed by atoms with E-state index in [1.165, 1.54) is 19.2 Å². The van der Waals surface area contributed by atoms with Crippen molar-refractivity contribution in [1.82, 2.24) is 0 Å². The van der Waals surface area contributed by atoms with E-state index in [9.17, 15) is 9.18 Å². The highest BCUT2D eigenvalue weighted by Crippen LogP contribution is 2.31. The van der Waals surface area contributed by atoms with E-state index in [1.807, 2.05) is 13.8 Å². The van der Waals surface area contributed by atoms with Gasteiger partial charge in [0.2, 0.25) is 0 Å². The fraction of sp³-hybridized carbons (Fsp3) is 0.350. The fourth-order valence-corrected chi connectivity index (χ4v) is 2.30. The minimum atomic E-state index is -0.508. The molecule has 2 aromatic rings. The van der Waals surface area contributed by atoms with Crippen LogP contribution in [0.15, 0.2) is 36.4 Å². The normalized spacial score (nSPS) is 10.3. The van der Waals surface area contributed by atoms with Crippen molar-refractivity contribution in [1.29, 1.82) is 0 Å². The second kappa shape index (κ2) is 9.65. The fourth-order valence-electron chi connectivity index (χ4n) is 2.30. The first-order valence-corrected chi connectivity index (χ1v) is 8.63. The van der Waals surface area contributed by atoms with Crippen molar-refractivity contribution in [2.24, 2.45) is 0 Å². The molecule has 1 N–H and O–H groups in total. The summed E-state index contributed by atoms with van der Waals surface area (Å²) in [5.74, 6) is 0.511. The van der Waals surface area contributed by atoms with Gasteiger partial charge in [-0.3, -0.25) is 4.79 Å². The first kappa shape index (κ1) is 19.6. The Morgan fingerprint density at radius 1 is 0.962 bits per heavy atom. The minimum Gasteiger partial charge on any atom is -0.496 e. The third kappa shape index (κ3) is 5.12. The van der Waals surface area contributed by atoms with Gasteiger partial charge in [0.25, 0.3) is 5.91 Å². The zero-order chi connectivity index (χ0) is 18.9. The topological polar surface area (TPSA) is 56.8 Å².